The molecule has 0 radical (unpaired) electrons. The Morgan fingerprint density at radius 2 is 2.13 bits per heavy atom. The summed E-state index contributed by atoms with van der Waals surface area (Å²) in [6, 6.07) is 6.57. The van der Waals surface area contributed by atoms with Gasteiger partial charge in [0.05, 0.1) is 16.1 Å². The normalized spacial score (nSPS) is 11.6. The number of anilines is 1. The van der Waals surface area contributed by atoms with Gasteiger partial charge in [0.2, 0.25) is 5.91 Å². The molecule has 0 bridgehead atoms. The van der Waals surface area contributed by atoms with Gasteiger partial charge in [-0.1, -0.05) is 23.2 Å². The Morgan fingerprint density at radius 1 is 1.47 bits per heavy atom. The quantitative estimate of drug-likeness (QED) is 0.867. The maximum absolute atomic E-state index is 11.3. The van der Waals surface area contributed by atoms with E-state index in [9.17, 15) is 4.79 Å². The van der Waals surface area contributed by atoms with Crippen molar-refractivity contribution in [2.45, 2.75) is 6.92 Å². The molecule has 5 heteroatoms. The molecule has 78 valence electrons. The lowest BCUT2D eigenvalue weighted by Gasteiger charge is -2.06. The first-order valence-corrected chi connectivity index (χ1v) is 4.95. The van der Waals surface area contributed by atoms with Gasteiger partial charge in [0.15, 0.2) is 0 Å². The maximum atomic E-state index is 11.3. The van der Waals surface area contributed by atoms with Crippen LogP contribution in [0.5, 0.6) is 0 Å². The fraction of sp³-hybridized carbons (Fsp3) is 0.200. The average molecular weight is 243 g/mol. The SMILES string of the molecule is CC(C#N)C(=O)Nc1ccc(Cl)c(Cl)c1. The first-order chi connectivity index (χ1) is 7.04. The van der Waals surface area contributed by atoms with Gasteiger partial charge in [0.25, 0.3) is 0 Å². The van der Waals surface area contributed by atoms with Crippen molar-refractivity contribution >= 4 is 34.8 Å². The lowest BCUT2D eigenvalue weighted by atomic mass is 10.2. The van der Waals surface area contributed by atoms with E-state index in [1.807, 2.05) is 6.07 Å². The summed E-state index contributed by atoms with van der Waals surface area (Å²) in [5.74, 6) is -1.06. The number of carbonyl (C=O) groups is 1. The van der Waals surface area contributed by atoms with E-state index < -0.39 is 5.92 Å². The second kappa shape index (κ2) is 5.01. The predicted octanol–water partition coefficient (Wildman–Crippen LogP) is 3.09. The van der Waals surface area contributed by atoms with Gasteiger partial charge in [-0.2, -0.15) is 5.26 Å². The van der Waals surface area contributed by atoms with Crippen LogP contribution in [0.15, 0.2) is 18.2 Å². The summed E-state index contributed by atoms with van der Waals surface area (Å²) >= 11 is 11.5. The van der Waals surface area contributed by atoms with Gasteiger partial charge in [0.1, 0.15) is 5.92 Å². The van der Waals surface area contributed by atoms with Gasteiger partial charge in [0, 0.05) is 5.69 Å². The van der Waals surface area contributed by atoms with Crippen molar-refractivity contribution in [3.63, 3.8) is 0 Å². The largest absolute Gasteiger partial charge is 0.325 e. The molecule has 1 aromatic rings. The molecule has 0 heterocycles. The third kappa shape index (κ3) is 3.12. The average Bonchev–Trinajstić information content (AvgIpc) is 2.22. The third-order valence-electron chi connectivity index (χ3n) is 1.77. The molecule has 15 heavy (non-hydrogen) atoms. The first kappa shape index (κ1) is 11.8. The molecule has 1 rings (SSSR count). The van der Waals surface area contributed by atoms with Crippen LogP contribution in [-0.4, -0.2) is 5.91 Å². The highest BCUT2D eigenvalue weighted by Crippen LogP contribution is 2.25. The van der Waals surface area contributed by atoms with Crippen LogP contribution in [0, 0.1) is 17.2 Å². The fourth-order valence-electron chi connectivity index (χ4n) is 0.883. The maximum Gasteiger partial charge on any atom is 0.241 e. The summed E-state index contributed by atoms with van der Waals surface area (Å²) in [5, 5.41) is 11.9. The Morgan fingerprint density at radius 3 is 2.67 bits per heavy atom. The second-order valence-corrected chi connectivity index (χ2v) is 3.78. The molecular formula is C10H8Cl2N2O. The third-order valence-corrected chi connectivity index (χ3v) is 2.51. The lowest BCUT2D eigenvalue weighted by molar-refractivity contribution is -0.117. The van der Waals surface area contributed by atoms with Gasteiger partial charge < -0.3 is 5.32 Å². The number of nitrogens with one attached hydrogen (secondary N) is 1. The van der Waals surface area contributed by atoms with Crippen LogP contribution >= 0.6 is 23.2 Å². The summed E-state index contributed by atoms with van der Waals surface area (Å²) in [4.78, 5) is 11.3. The molecule has 1 unspecified atom stereocenters. The molecule has 0 saturated heterocycles. The Kier molecular flexibility index (Phi) is 3.96. The van der Waals surface area contributed by atoms with E-state index >= 15 is 0 Å². The number of hydrogen-bond acceptors (Lipinski definition) is 2. The minimum absolute atomic E-state index is 0.360. The Labute approximate surface area is 97.6 Å². The van der Waals surface area contributed by atoms with Gasteiger partial charge in [-0.3, -0.25) is 4.79 Å². The monoisotopic (exact) mass is 242 g/mol. The highest BCUT2D eigenvalue weighted by molar-refractivity contribution is 6.42. The van der Waals surface area contributed by atoms with E-state index in [1.165, 1.54) is 13.0 Å². The first-order valence-electron chi connectivity index (χ1n) is 4.20. The van der Waals surface area contributed by atoms with Crippen LogP contribution in [0.25, 0.3) is 0 Å². The lowest BCUT2D eigenvalue weighted by Crippen LogP contribution is -2.18. The molecular weight excluding hydrogens is 235 g/mol. The van der Waals surface area contributed by atoms with Crippen LogP contribution in [0.1, 0.15) is 6.92 Å². The molecule has 0 fully saturated rings. The number of hydrogen-bond donors (Lipinski definition) is 1. The van der Waals surface area contributed by atoms with Crippen molar-refractivity contribution in [2.75, 3.05) is 5.32 Å². The van der Waals surface area contributed by atoms with Gasteiger partial charge >= 0.3 is 0 Å². The molecule has 1 N–H and O–H groups in total. The Hall–Kier alpha value is -1.24. The van der Waals surface area contributed by atoms with E-state index in [0.29, 0.717) is 15.7 Å². The van der Waals surface area contributed by atoms with E-state index in [0.717, 1.165) is 0 Å². The summed E-state index contributed by atoms with van der Waals surface area (Å²) in [6.07, 6.45) is 0. The fourth-order valence-corrected chi connectivity index (χ4v) is 1.18. The zero-order valence-electron chi connectivity index (χ0n) is 7.92. The van der Waals surface area contributed by atoms with E-state index in [4.69, 9.17) is 28.5 Å². The number of halogens is 2. The van der Waals surface area contributed by atoms with E-state index in [2.05, 4.69) is 5.32 Å². The second-order valence-electron chi connectivity index (χ2n) is 2.97. The molecule has 1 amide bonds. The minimum Gasteiger partial charge on any atom is -0.325 e. The summed E-state index contributed by atoms with van der Waals surface area (Å²) < 4.78 is 0. The summed E-state index contributed by atoms with van der Waals surface area (Å²) in [5.41, 5.74) is 0.525. The number of nitriles is 1. The van der Waals surface area contributed by atoms with Crippen molar-refractivity contribution in [1.82, 2.24) is 0 Å². The Bertz CT molecular complexity index is 426. The number of nitrogens with zero attached hydrogens (tertiary/aromatic N) is 1. The standard InChI is InChI=1S/C10H8Cl2N2O/c1-6(5-13)10(15)14-7-2-3-8(11)9(12)4-7/h2-4,6H,1H3,(H,14,15). The van der Waals surface area contributed by atoms with Crippen molar-refractivity contribution in [3.8, 4) is 6.07 Å². The highest BCUT2D eigenvalue weighted by atomic mass is 35.5. The molecule has 0 spiro atoms. The molecule has 0 saturated carbocycles. The van der Waals surface area contributed by atoms with Crippen LogP contribution in [0.4, 0.5) is 5.69 Å². The Balaban J connectivity index is 2.78. The van der Waals surface area contributed by atoms with Crippen molar-refractivity contribution < 1.29 is 4.79 Å². The van der Waals surface area contributed by atoms with E-state index in [-0.39, 0.29) is 5.91 Å². The summed E-state index contributed by atoms with van der Waals surface area (Å²) in [7, 11) is 0. The molecule has 1 aromatic carbocycles. The topological polar surface area (TPSA) is 52.9 Å². The molecule has 1 atom stereocenters. The highest BCUT2D eigenvalue weighted by Gasteiger charge is 2.11. The molecule has 0 aliphatic carbocycles. The van der Waals surface area contributed by atoms with Gasteiger partial charge in [-0.25, -0.2) is 0 Å². The molecule has 0 aliphatic rings. The molecule has 3 nitrogen and oxygen atoms in total. The van der Waals surface area contributed by atoms with Crippen LogP contribution in [0.2, 0.25) is 10.0 Å². The smallest absolute Gasteiger partial charge is 0.241 e. The molecule has 0 aliphatic heterocycles. The number of amides is 1. The zero-order chi connectivity index (χ0) is 11.4. The molecule has 0 aromatic heterocycles. The van der Waals surface area contributed by atoms with Crippen molar-refractivity contribution in [1.29, 1.82) is 5.26 Å². The van der Waals surface area contributed by atoms with Crippen molar-refractivity contribution in [3.05, 3.63) is 28.2 Å². The number of rotatable bonds is 2. The zero-order valence-corrected chi connectivity index (χ0v) is 9.43. The van der Waals surface area contributed by atoms with Gasteiger partial charge in [-0.15, -0.1) is 0 Å². The number of carbonyl (C=O) groups excluding carboxylic acids is 1. The van der Waals surface area contributed by atoms with Crippen LogP contribution in [0.3, 0.4) is 0 Å². The van der Waals surface area contributed by atoms with E-state index in [1.54, 1.807) is 12.1 Å². The number of benzene rings is 1. The van der Waals surface area contributed by atoms with Gasteiger partial charge in [-0.05, 0) is 25.1 Å². The summed E-state index contributed by atoms with van der Waals surface area (Å²) in [6.45, 7) is 1.52. The van der Waals surface area contributed by atoms with Crippen LogP contribution < -0.4 is 5.32 Å². The minimum atomic E-state index is -0.695. The van der Waals surface area contributed by atoms with Crippen LogP contribution in [-0.2, 0) is 4.79 Å². The van der Waals surface area contributed by atoms with Crippen molar-refractivity contribution in [2.24, 2.45) is 5.92 Å². The predicted molar refractivity (Wildman–Crippen MR) is 59.9 cm³/mol.